The number of carbonyl (C=O) groups is 2. The molecule has 0 saturated heterocycles. The van der Waals surface area contributed by atoms with E-state index in [-0.39, 0.29) is 30.0 Å². The average molecular weight is 268 g/mol. The number of nitro benzene ring substituents is 1. The van der Waals surface area contributed by atoms with Gasteiger partial charge in [0.2, 0.25) is 0 Å². The van der Waals surface area contributed by atoms with E-state index in [1.54, 1.807) is 0 Å². The number of carbonyl (C=O) groups excluding carboxylic acids is 1. The smallest absolute Gasteiger partial charge is 0.335 e. The Kier molecular flexibility index (Phi) is 4.63. The Labute approximate surface area is 107 Å². The van der Waals surface area contributed by atoms with Crippen LogP contribution in [0.5, 0.6) is 0 Å². The molecule has 1 rings (SSSR count). The molecule has 0 saturated carbocycles. The number of nitrogens with two attached hydrogens (primary N) is 1. The van der Waals surface area contributed by atoms with Crippen molar-refractivity contribution in [1.29, 1.82) is 0 Å². The molecule has 9 nitrogen and oxygen atoms in total. The van der Waals surface area contributed by atoms with Crippen molar-refractivity contribution in [1.82, 2.24) is 5.32 Å². The van der Waals surface area contributed by atoms with Crippen LogP contribution in [0.3, 0.4) is 0 Å². The van der Waals surface area contributed by atoms with Crippen molar-refractivity contribution >= 4 is 23.4 Å². The number of hydrogen-bond acceptors (Lipinski definition) is 5. The summed E-state index contributed by atoms with van der Waals surface area (Å²) in [5.74, 6) is -1.19. The van der Waals surface area contributed by atoms with Gasteiger partial charge >= 0.3 is 12.0 Å². The van der Waals surface area contributed by atoms with Crippen LogP contribution in [-0.4, -0.2) is 35.1 Å². The lowest BCUT2D eigenvalue weighted by Gasteiger charge is -2.08. The molecular weight excluding hydrogens is 256 g/mol. The molecule has 0 fully saturated rings. The van der Waals surface area contributed by atoms with Crippen LogP contribution >= 0.6 is 0 Å². The number of anilines is 1. The molecule has 1 aromatic rings. The molecule has 5 N–H and O–H groups in total. The van der Waals surface area contributed by atoms with E-state index in [9.17, 15) is 19.7 Å². The molecule has 0 unspecified atom stereocenters. The van der Waals surface area contributed by atoms with Crippen LogP contribution in [0.2, 0.25) is 0 Å². The van der Waals surface area contributed by atoms with Crippen molar-refractivity contribution in [3.8, 4) is 0 Å². The molecule has 0 aromatic heterocycles. The first-order valence-electron chi connectivity index (χ1n) is 5.20. The highest BCUT2D eigenvalue weighted by Gasteiger charge is 2.16. The molecule has 0 radical (unpaired) electrons. The molecule has 0 atom stereocenters. The molecule has 9 heteroatoms. The molecule has 0 aliphatic carbocycles. The molecule has 0 heterocycles. The summed E-state index contributed by atoms with van der Waals surface area (Å²) < 4.78 is 0. The van der Waals surface area contributed by atoms with Gasteiger partial charge in [-0.3, -0.25) is 10.1 Å². The fourth-order valence-corrected chi connectivity index (χ4v) is 1.35. The third-order valence-corrected chi connectivity index (χ3v) is 2.18. The van der Waals surface area contributed by atoms with E-state index < -0.39 is 16.9 Å². The summed E-state index contributed by atoms with van der Waals surface area (Å²) in [4.78, 5) is 31.4. The lowest BCUT2D eigenvalue weighted by molar-refractivity contribution is -0.384. The Balaban J connectivity index is 2.82. The average Bonchev–Trinajstić information content (AvgIpc) is 2.33. The van der Waals surface area contributed by atoms with Crippen molar-refractivity contribution in [3.05, 3.63) is 33.9 Å². The minimum Gasteiger partial charge on any atom is -0.478 e. The summed E-state index contributed by atoms with van der Waals surface area (Å²) in [7, 11) is 0. The molecule has 0 aliphatic rings. The highest BCUT2D eigenvalue weighted by atomic mass is 16.6. The third-order valence-electron chi connectivity index (χ3n) is 2.18. The molecule has 1 aromatic carbocycles. The SMILES string of the molecule is NC(=O)NCCNc1cc(C(=O)O)ccc1[N+](=O)[O-]. The van der Waals surface area contributed by atoms with E-state index in [4.69, 9.17) is 10.8 Å². The van der Waals surface area contributed by atoms with E-state index >= 15 is 0 Å². The zero-order chi connectivity index (χ0) is 14.4. The van der Waals surface area contributed by atoms with Crippen LogP contribution in [0, 0.1) is 10.1 Å². The topological polar surface area (TPSA) is 148 Å². The van der Waals surface area contributed by atoms with E-state index in [1.807, 2.05) is 0 Å². The first-order chi connectivity index (χ1) is 8.91. The maximum Gasteiger partial charge on any atom is 0.335 e. The standard InChI is InChI=1S/C10H12N4O5/c11-10(17)13-4-3-12-7-5-6(9(15)16)1-2-8(7)14(18)19/h1-2,5,12H,3-4H2,(H,15,16)(H3,11,13,17). The first kappa shape index (κ1) is 14.2. The highest BCUT2D eigenvalue weighted by molar-refractivity contribution is 5.90. The third kappa shape index (κ3) is 4.15. The van der Waals surface area contributed by atoms with E-state index in [0.29, 0.717) is 0 Å². The maximum atomic E-state index is 10.8. The van der Waals surface area contributed by atoms with E-state index in [2.05, 4.69) is 10.6 Å². The predicted octanol–water partition coefficient (Wildman–Crippen LogP) is 0.373. The number of benzene rings is 1. The molecule has 0 spiro atoms. The normalized spacial score (nSPS) is 9.68. The summed E-state index contributed by atoms with van der Waals surface area (Å²) in [6, 6.07) is 2.70. The Morgan fingerprint density at radius 1 is 1.37 bits per heavy atom. The van der Waals surface area contributed by atoms with Gasteiger partial charge in [0.25, 0.3) is 5.69 Å². The number of hydrogen-bond donors (Lipinski definition) is 4. The number of primary amides is 1. The van der Waals surface area contributed by atoms with Gasteiger partial charge in [0, 0.05) is 19.2 Å². The zero-order valence-corrected chi connectivity index (χ0v) is 9.75. The van der Waals surface area contributed by atoms with Crippen molar-refractivity contribution in [2.45, 2.75) is 0 Å². The first-order valence-corrected chi connectivity index (χ1v) is 5.20. The number of carboxylic acid groups (broad SMARTS) is 1. The molecule has 102 valence electrons. The van der Waals surface area contributed by atoms with Crippen LogP contribution in [0.4, 0.5) is 16.2 Å². The van der Waals surface area contributed by atoms with Crippen LogP contribution in [0.25, 0.3) is 0 Å². The van der Waals surface area contributed by atoms with Crippen molar-refractivity contribution < 1.29 is 19.6 Å². The monoisotopic (exact) mass is 268 g/mol. The number of nitrogens with one attached hydrogen (secondary N) is 2. The molecule has 2 amide bonds. The number of amides is 2. The number of rotatable bonds is 6. The van der Waals surface area contributed by atoms with Crippen LogP contribution in [-0.2, 0) is 0 Å². The number of aromatic carboxylic acids is 1. The zero-order valence-electron chi connectivity index (χ0n) is 9.75. The second-order valence-corrected chi connectivity index (χ2v) is 3.51. The Hall–Kier alpha value is -2.84. The lowest BCUT2D eigenvalue weighted by Crippen LogP contribution is -2.33. The minimum atomic E-state index is -1.19. The summed E-state index contributed by atoms with van der Waals surface area (Å²) in [5.41, 5.74) is 4.60. The van der Waals surface area contributed by atoms with Gasteiger partial charge in [-0.2, -0.15) is 0 Å². The molecule has 0 bridgehead atoms. The van der Waals surface area contributed by atoms with Gasteiger partial charge in [-0.05, 0) is 12.1 Å². The number of carboxylic acids is 1. The van der Waals surface area contributed by atoms with Crippen molar-refractivity contribution in [2.75, 3.05) is 18.4 Å². The van der Waals surface area contributed by atoms with Gasteiger partial charge < -0.3 is 21.5 Å². The highest BCUT2D eigenvalue weighted by Crippen LogP contribution is 2.25. The Bertz CT molecular complexity index is 517. The summed E-state index contributed by atoms with van der Waals surface area (Å²) in [6.45, 7) is 0.330. The second-order valence-electron chi connectivity index (χ2n) is 3.51. The Morgan fingerprint density at radius 3 is 2.58 bits per heavy atom. The van der Waals surface area contributed by atoms with Gasteiger partial charge in [-0.15, -0.1) is 0 Å². The summed E-state index contributed by atoms with van der Waals surface area (Å²) in [5, 5.41) is 24.5. The summed E-state index contributed by atoms with van der Waals surface area (Å²) in [6.07, 6.45) is 0. The van der Waals surface area contributed by atoms with Crippen molar-refractivity contribution in [2.24, 2.45) is 5.73 Å². The summed E-state index contributed by atoms with van der Waals surface area (Å²) >= 11 is 0. The number of urea groups is 1. The second kappa shape index (κ2) is 6.19. The molecule has 0 aliphatic heterocycles. The van der Waals surface area contributed by atoms with Gasteiger partial charge in [-0.25, -0.2) is 9.59 Å². The van der Waals surface area contributed by atoms with E-state index in [0.717, 1.165) is 18.2 Å². The fourth-order valence-electron chi connectivity index (χ4n) is 1.35. The van der Waals surface area contributed by atoms with Crippen molar-refractivity contribution in [3.63, 3.8) is 0 Å². The van der Waals surface area contributed by atoms with Gasteiger partial charge in [0.1, 0.15) is 5.69 Å². The number of nitro groups is 1. The van der Waals surface area contributed by atoms with Gasteiger partial charge in [0.15, 0.2) is 0 Å². The molecule has 19 heavy (non-hydrogen) atoms. The quantitative estimate of drug-likeness (QED) is 0.333. The number of nitrogens with zero attached hydrogens (tertiary/aromatic N) is 1. The molecular formula is C10H12N4O5. The van der Waals surface area contributed by atoms with Gasteiger partial charge in [-0.1, -0.05) is 0 Å². The van der Waals surface area contributed by atoms with E-state index in [1.165, 1.54) is 0 Å². The van der Waals surface area contributed by atoms with Crippen LogP contribution < -0.4 is 16.4 Å². The fraction of sp³-hybridized carbons (Fsp3) is 0.200. The maximum absolute atomic E-state index is 10.8. The lowest BCUT2D eigenvalue weighted by atomic mass is 10.1. The van der Waals surface area contributed by atoms with Crippen LogP contribution in [0.1, 0.15) is 10.4 Å². The largest absolute Gasteiger partial charge is 0.478 e. The minimum absolute atomic E-state index is 0.0659. The Morgan fingerprint density at radius 2 is 2.05 bits per heavy atom. The van der Waals surface area contributed by atoms with Crippen LogP contribution in [0.15, 0.2) is 18.2 Å². The predicted molar refractivity (Wildman–Crippen MR) is 66.1 cm³/mol. The van der Waals surface area contributed by atoms with Gasteiger partial charge in [0.05, 0.1) is 10.5 Å².